The minimum atomic E-state index is -2.11. The third kappa shape index (κ3) is 10.3. The fourth-order valence-electron chi connectivity index (χ4n) is 11.4. The van der Waals surface area contributed by atoms with Crippen molar-refractivity contribution in [2.24, 2.45) is 23.2 Å². The first kappa shape index (κ1) is 49.3. The molecular formula is C46H71KO13. The zero-order chi connectivity index (χ0) is 42.8. The molecule has 7 aliphatic heterocycles. The van der Waals surface area contributed by atoms with Gasteiger partial charge in [-0.25, -0.2) is 0 Å². The number of rotatable bonds is 10. The van der Waals surface area contributed by atoms with E-state index in [1.807, 2.05) is 26.8 Å². The molecule has 60 heavy (non-hydrogen) atoms. The topological polar surface area (TPSA) is 186 Å². The number of aliphatic carboxylic acids is 1. The molecule has 13 nitrogen and oxygen atoms in total. The Balaban J connectivity index is 0.00000604. The summed E-state index contributed by atoms with van der Waals surface area (Å²) in [5.74, 6) is -3.68. The summed E-state index contributed by atoms with van der Waals surface area (Å²) in [6, 6.07) is 0. The summed E-state index contributed by atoms with van der Waals surface area (Å²) in [5.41, 5.74) is -2.42. The van der Waals surface area contributed by atoms with Crippen molar-refractivity contribution in [1.82, 2.24) is 0 Å². The molecule has 0 aromatic heterocycles. The molecule has 3 spiro atoms. The minimum Gasteiger partial charge on any atom is -0.547 e. The monoisotopic (exact) mass is 870 g/mol. The molecule has 6 saturated heterocycles. The molecule has 6 fully saturated rings. The molecule has 4 N–H and O–H groups in total. The van der Waals surface area contributed by atoms with E-state index < -0.39 is 71.0 Å². The molecule has 0 saturated carbocycles. The van der Waals surface area contributed by atoms with Gasteiger partial charge in [-0.05, 0) is 116 Å². The first-order valence-corrected chi connectivity index (χ1v) is 22.2. The maximum Gasteiger partial charge on any atom is 1.00 e. The number of aliphatic hydroxyl groups excluding tert-OH is 3. The van der Waals surface area contributed by atoms with Crippen molar-refractivity contribution >= 4 is 5.97 Å². The largest absolute Gasteiger partial charge is 1.00 e. The van der Waals surface area contributed by atoms with E-state index in [-0.39, 0.29) is 93.2 Å². The smallest absolute Gasteiger partial charge is 0.547 e. The zero-order valence-corrected chi connectivity index (χ0v) is 40.5. The Morgan fingerprint density at radius 1 is 1.08 bits per heavy atom. The molecule has 7 rings (SSSR count). The predicted molar refractivity (Wildman–Crippen MR) is 214 cm³/mol. The summed E-state index contributed by atoms with van der Waals surface area (Å²) in [6.07, 6.45) is 8.14. The number of carbonyl (C=O) groups is 1. The molecular weight excluding hydrogens is 800 g/mol. The third-order valence-corrected chi connectivity index (χ3v) is 15.0. The van der Waals surface area contributed by atoms with Crippen LogP contribution in [-0.2, 0) is 38.0 Å². The number of aliphatic hydroxyl groups is 4. The van der Waals surface area contributed by atoms with Gasteiger partial charge in [0.2, 0.25) is 5.79 Å². The van der Waals surface area contributed by atoms with Gasteiger partial charge in [0, 0.05) is 37.2 Å². The van der Waals surface area contributed by atoms with E-state index in [0.717, 1.165) is 44.7 Å². The number of carbonyl (C=O) groups excluding carboxylic acids is 1. The van der Waals surface area contributed by atoms with E-state index in [2.05, 4.69) is 26.5 Å². The molecule has 0 amide bonds. The molecule has 334 valence electrons. The van der Waals surface area contributed by atoms with Crippen molar-refractivity contribution in [2.45, 2.75) is 203 Å². The van der Waals surface area contributed by atoms with E-state index in [9.17, 15) is 30.3 Å². The maximum absolute atomic E-state index is 11.6. The standard InChI is InChI=1S/C46H72O13.K/c1-27-20-35(56-46(22-27)36(48)12-15-42(7,59-46)24-43(8,52)40(50)51)28(2)10-14-41(6)17-18-45(58-41)16-11-34-39(57-45)37(49)30(4)38(55-34)33(47)21-29(3)32-23-44(26-54-31(32)5)13-9-19-53-25-44;/h10,14,22,28-29,31-39,47-49,52H,4,9,11-13,15-21,23-26H2,1-3,5-8H3,(H,50,51);/q;+1/p-1/b14-10+;. The second-order valence-electron chi connectivity index (χ2n) is 20.5. The summed E-state index contributed by atoms with van der Waals surface area (Å²) in [4.78, 5) is 11.6. The van der Waals surface area contributed by atoms with Crippen LogP contribution in [0.2, 0.25) is 0 Å². The van der Waals surface area contributed by atoms with Gasteiger partial charge in [-0.1, -0.05) is 38.2 Å². The molecule has 7 aliphatic rings. The van der Waals surface area contributed by atoms with Crippen LogP contribution >= 0.6 is 0 Å². The van der Waals surface area contributed by atoms with Gasteiger partial charge >= 0.3 is 51.4 Å². The van der Waals surface area contributed by atoms with Gasteiger partial charge in [-0.3, -0.25) is 0 Å². The van der Waals surface area contributed by atoms with Crippen molar-refractivity contribution < 1.29 is 115 Å². The fraction of sp³-hybridized carbons (Fsp3) is 0.848. The van der Waals surface area contributed by atoms with E-state index in [0.29, 0.717) is 56.9 Å². The van der Waals surface area contributed by atoms with Crippen molar-refractivity contribution in [2.75, 3.05) is 19.8 Å². The number of carboxylic acids is 1. The third-order valence-electron chi connectivity index (χ3n) is 15.0. The number of ether oxygens (including phenoxy) is 7. The number of fused-ring (bicyclic) bond motifs is 1. The summed E-state index contributed by atoms with van der Waals surface area (Å²) < 4.78 is 45.1. The first-order chi connectivity index (χ1) is 27.6. The molecule has 0 bridgehead atoms. The molecule has 17 unspecified atom stereocenters. The van der Waals surface area contributed by atoms with Crippen LogP contribution in [0.5, 0.6) is 0 Å². The molecule has 0 aliphatic carbocycles. The Kier molecular flexibility index (Phi) is 15.3. The van der Waals surface area contributed by atoms with Gasteiger partial charge < -0.3 is 63.5 Å². The van der Waals surface area contributed by atoms with Gasteiger partial charge in [-0.2, -0.15) is 0 Å². The molecule has 14 heteroatoms. The van der Waals surface area contributed by atoms with Crippen molar-refractivity contribution in [3.63, 3.8) is 0 Å². The Labute approximate surface area is 399 Å². The van der Waals surface area contributed by atoms with Crippen LogP contribution in [-0.4, -0.2) is 123 Å². The van der Waals surface area contributed by atoms with Crippen molar-refractivity contribution in [3.05, 3.63) is 36.0 Å². The predicted octanol–water partition coefficient (Wildman–Crippen LogP) is 1.17. The van der Waals surface area contributed by atoms with Crippen LogP contribution in [0.1, 0.15) is 126 Å². The van der Waals surface area contributed by atoms with Gasteiger partial charge in [-0.15, -0.1) is 0 Å². The normalized spacial score (nSPS) is 46.0. The van der Waals surface area contributed by atoms with Crippen molar-refractivity contribution in [3.8, 4) is 0 Å². The van der Waals surface area contributed by atoms with Crippen LogP contribution in [0.3, 0.4) is 0 Å². The van der Waals surface area contributed by atoms with Crippen LogP contribution in [0.4, 0.5) is 0 Å². The van der Waals surface area contributed by atoms with Crippen LogP contribution in [0.25, 0.3) is 0 Å². The average molecular weight is 871 g/mol. The molecule has 17 atom stereocenters. The SMILES string of the molecule is C=C1C(O)C2OC3(CCC2OC1C(O)CC(C)C1CC2(CCCOC2)COC1C)CCC(C)(/C=C/C(C)C1CC(C)=CC2(O1)OC(C)(CC(C)(O)C(=O)[O-])CCC2O)O3.[K+]. The summed E-state index contributed by atoms with van der Waals surface area (Å²) in [7, 11) is 0. The average Bonchev–Trinajstić information content (AvgIpc) is 3.50. The second kappa shape index (κ2) is 18.6. The van der Waals surface area contributed by atoms with Gasteiger partial charge in [0.05, 0.1) is 54.8 Å². The molecule has 7 heterocycles. The first-order valence-electron chi connectivity index (χ1n) is 22.2. The molecule has 0 aromatic rings. The van der Waals surface area contributed by atoms with E-state index in [1.54, 1.807) is 13.0 Å². The quantitative estimate of drug-likeness (QED) is 0.182. The zero-order valence-electron chi connectivity index (χ0n) is 37.4. The maximum atomic E-state index is 11.6. The van der Waals surface area contributed by atoms with E-state index in [4.69, 9.17) is 33.2 Å². The summed E-state index contributed by atoms with van der Waals surface area (Å²) >= 11 is 0. The molecule has 0 radical (unpaired) electrons. The van der Waals surface area contributed by atoms with E-state index in [1.165, 1.54) is 6.92 Å². The Morgan fingerprint density at radius 3 is 2.53 bits per heavy atom. The van der Waals surface area contributed by atoms with Crippen LogP contribution in [0.15, 0.2) is 36.0 Å². The van der Waals surface area contributed by atoms with Gasteiger partial charge in [0.1, 0.15) is 30.0 Å². The van der Waals surface area contributed by atoms with E-state index >= 15 is 0 Å². The number of hydrogen-bond donors (Lipinski definition) is 4. The summed E-state index contributed by atoms with van der Waals surface area (Å²) in [5, 5.41) is 56.6. The van der Waals surface area contributed by atoms with Crippen LogP contribution in [0, 0.1) is 23.2 Å². The van der Waals surface area contributed by atoms with Gasteiger partial charge in [0.15, 0.2) is 5.79 Å². The number of carboxylic acid groups (broad SMARTS) is 1. The Morgan fingerprint density at radius 2 is 1.83 bits per heavy atom. The van der Waals surface area contributed by atoms with Gasteiger partial charge in [0.25, 0.3) is 0 Å². The minimum absolute atomic E-state index is 0. The summed E-state index contributed by atoms with van der Waals surface area (Å²) in [6.45, 7) is 19.7. The second-order valence-corrected chi connectivity index (χ2v) is 20.5. The van der Waals surface area contributed by atoms with Crippen molar-refractivity contribution in [1.29, 1.82) is 0 Å². The molecule has 0 aromatic carbocycles. The Hall–Kier alpha value is -0.114. The Bertz CT molecular complexity index is 1610. The number of hydrogen-bond acceptors (Lipinski definition) is 13. The fourth-order valence-corrected chi connectivity index (χ4v) is 11.4. The van der Waals surface area contributed by atoms with Crippen LogP contribution < -0.4 is 56.5 Å².